The van der Waals surface area contributed by atoms with Gasteiger partial charge >= 0.3 is 6.09 Å². The molecule has 2 N–H and O–H groups in total. The molecule has 0 saturated heterocycles. The maximum atomic E-state index is 11.6. The van der Waals surface area contributed by atoms with Crippen LogP contribution in [0.1, 0.15) is 39.3 Å². The van der Waals surface area contributed by atoms with E-state index in [9.17, 15) is 4.79 Å². The summed E-state index contributed by atoms with van der Waals surface area (Å²) in [5, 5.41) is 10.5. The lowest BCUT2D eigenvalue weighted by atomic mass is 10.1. The van der Waals surface area contributed by atoms with Gasteiger partial charge in [0.25, 0.3) is 0 Å². The minimum absolute atomic E-state index is 0.224. The smallest absolute Gasteiger partial charge is 0.407 e. The second-order valence-corrected chi connectivity index (χ2v) is 6.58. The van der Waals surface area contributed by atoms with Gasteiger partial charge in [0, 0.05) is 39.5 Å². The third kappa shape index (κ3) is 9.20. The summed E-state index contributed by atoms with van der Waals surface area (Å²) < 4.78 is 12.2. The quantitative estimate of drug-likeness (QED) is 0.677. The standard InChI is InChI=1S/C16H30N4O3/c1-16(2,3)23-15(21)17-9-6-7-14(12-22-5)18-11-13-8-10-20(4)19-13/h8,10,14,18H,6-7,9,11-12H2,1-5H3,(H,17,21). The number of rotatable bonds is 9. The van der Waals surface area contributed by atoms with Gasteiger partial charge in [0.05, 0.1) is 12.3 Å². The normalized spacial score (nSPS) is 12.9. The third-order valence-corrected chi connectivity index (χ3v) is 3.11. The van der Waals surface area contributed by atoms with E-state index in [4.69, 9.17) is 9.47 Å². The molecule has 0 fully saturated rings. The highest BCUT2D eigenvalue weighted by Gasteiger charge is 2.15. The van der Waals surface area contributed by atoms with E-state index in [-0.39, 0.29) is 12.1 Å². The molecule has 1 aromatic rings. The second-order valence-electron chi connectivity index (χ2n) is 6.58. The van der Waals surface area contributed by atoms with E-state index in [2.05, 4.69) is 15.7 Å². The van der Waals surface area contributed by atoms with Crippen molar-refractivity contribution in [3.63, 3.8) is 0 Å². The number of hydrogen-bond donors (Lipinski definition) is 2. The summed E-state index contributed by atoms with van der Waals surface area (Å²) in [6.07, 6.45) is 3.30. The Hall–Kier alpha value is -1.60. The molecule has 0 radical (unpaired) electrons. The Morgan fingerprint density at radius 3 is 2.74 bits per heavy atom. The van der Waals surface area contributed by atoms with Crippen LogP contribution in [0.5, 0.6) is 0 Å². The zero-order chi connectivity index (χ0) is 17.3. The molecule has 0 aliphatic rings. The minimum Gasteiger partial charge on any atom is -0.444 e. The fourth-order valence-corrected chi connectivity index (χ4v) is 2.10. The van der Waals surface area contributed by atoms with Crippen molar-refractivity contribution in [3.05, 3.63) is 18.0 Å². The number of hydrogen-bond acceptors (Lipinski definition) is 5. The van der Waals surface area contributed by atoms with Crippen molar-refractivity contribution < 1.29 is 14.3 Å². The Labute approximate surface area is 138 Å². The van der Waals surface area contributed by atoms with Gasteiger partial charge in [-0.05, 0) is 39.7 Å². The van der Waals surface area contributed by atoms with Gasteiger partial charge in [-0.3, -0.25) is 4.68 Å². The van der Waals surface area contributed by atoms with Crippen molar-refractivity contribution in [2.45, 2.75) is 51.8 Å². The Morgan fingerprint density at radius 2 is 2.17 bits per heavy atom. The second kappa shape index (κ2) is 9.52. The van der Waals surface area contributed by atoms with Crippen LogP contribution in [-0.4, -0.2) is 47.8 Å². The topological polar surface area (TPSA) is 77.4 Å². The van der Waals surface area contributed by atoms with E-state index in [0.717, 1.165) is 18.5 Å². The zero-order valence-corrected chi connectivity index (χ0v) is 14.9. The molecule has 0 spiro atoms. The molecule has 0 bridgehead atoms. The SMILES string of the molecule is COCC(CCCNC(=O)OC(C)(C)C)NCc1ccn(C)n1. The Kier molecular flexibility index (Phi) is 8.05. The monoisotopic (exact) mass is 326 g/mol. The van der Waals surface area contributed by atoms with Crippen LogP contribution in [0, 0.1) is 0 Å². The predicted octanol–water partition coefficient (Wildman–Crippen LogP) is 1.83. The fraction of sp³-hybridized carbons (Fsp3) is 0.750. The number of carbonyl (C=O) groups excluding carboxylic acids is 1. The molecule has 0 saturated carbocycles. The third-order valence-electron chi connectivity index (χ3n) is 3.11. The van der Waals surface area contributed by atoms with Gasteiger partial charge in [0.15, 0.2) is 0 Å². The molecule has 0 aliphatic heterocycles. The molecular weight excluding hydrogens is 296 g/mol. The van der Waals surface area contributed by atoms with Crippen LogP contribution in [-0.2, 0) is 23.1 Å². The number of nitrogens with zero attached hydrogens (tertiary/aromatic N) is 2. The highest BCUT2D eigenvalue weighted by atomic mass is 16.6. The predicted molar refractivity (Wildman–Crippen MR) is 89.2 cm³/mol. The van der Waals surface area contributed by atoms with Crippen molar-refractivity contribution in [3.8, 4) is 0 Å². The van der Waals surface area contributed by atoms with Crippen LogP contribution in [0.3, 0.4) is 0 Å². The Balaban J connectivity index is 2.23. The lowest BCUT2D eigenvalue weighted by Gasteiger charge is -2.20. The number of methoxy groups -OCH3 is 1. The van der Waals surface area contributed by atoms with E-state index in [0.29, 0.717) is 19.7 Å². The Bertz CT molecular complexity index is 468. The van der Waals surface area contributed by atoms with Gasteiger partial charge in [-0.1, -0.05) is 0 Å². The first-order valence-corrected chi connectivity index (χ1v) is 7.98. The van der Waals surface area contributed by atoms with E-state index >= 15 is 0 Å². The summed E-state index contributed by atoms with van der Waals surface area (Å²) in [6.45, 7) is 7.46. The Morgan fingerprint density at radius 1 is 1.43 bits per heavy atom. The van der Waals surface area contributed by atoms with Crippen LogP contribution < -0.4 is 10.6 Å². The van der Waals surface area contributed by atoms with E-state index in [1.54, 1.807) is 11.8 Å². The number of aromatic nitrogens is 2. The zero-order valence-electron chi connectivity index (χ0n) is 14.9. The maximum absolute atomic E-state index is 11.6. The van der Waals surface area contributed by atoms with Gasteiger partial charge in [0.1, 0.15) is 5.60 Å². The van der Waals surface area contributed by atoms with Gasteiger partial charge in [-0.25, -0.2) is 4.79 Å². The number of ether oxygens (including phenoxy) is 2. The largest absolute Gasteiger partial charge is 0.444 e. The lowest BCUT2D eigenvalue weighted by molar-refractivity contribution is 0.0526. The molecule has 132 valence electrons. The maximum Gasteiger partial charge on any atom is 0.407 e. The first-order valence-electron chi connectivity index (χ1n) is 7.98. The minimum atomic E-state index is -0.465. The number of aryl methyl sites for hydroxylation is 1. The summed E-state index contributed by atoms with van der Waals surface area (Å²) >= 11 is 0. The van der Waals surface area contributed by atoms with E-state index in [1.165, 1.54) is 0 Å². The number of nitrogens with one attached hydrogen (secondary N) is 2. The lowest BCUT2D eigenvalue weighted by Crippen LogP contribution is -2.35. The number of carbonyl (C=O) groups is 1. The van der Waals surface area contributed by atoms with Gasteiger partial charge < -0.3 is 20.1 Å². The van der Waals surface area contributed by atoms with Gasteiger partial charge in [-0.2, -0.15) is 5.10 Å². The average Bonchev–Trinajstić information content (AvgIpc) is 2.84. The van der Waals surface area contributed by atoms with Crippen molar-refractivity contribution in [2.24, 2.45) is 7.05 Å². The summed E-state index contributed by atoms with van der Waals surface area (Å²) in [4.78, 5) is 11.6. The molecule has 1 amide bonds. The van der Waals surface area contributed by atoms with Gasteiger partial charge in [0.2, 0.25) is 0 Å². The summed E-state index contributed by atoms with van der Waals surface area (Å²) in [6, 6.07) is 2.21. The molecule has 1 atom stereocenters. The molecular formula is C16H30N4O3. The van der Waals surface area contributed by atoms with Gasteiger partial charge in [-0.15, -0.1) is 0 Å². The number of alkyl carbamates (subject to hydrolysis) is 1. The highest BCUT2D eigenvalue weighted by molar-refractivity contribution is 5.67. The van der Waals surface area contributed by atoms with Crippen molar-refractivity contribution >= 4 is 6.09 Å². The summed E-state index contributed by atoms with van der Waals surface area (Å²) in [5.74, 6) is 0. The highest BCUT2D eigenvalue weighted by Crippen LogP contribution is 2.06. The van der Waals surface area contributed by atoms with Crippen molar-refractivity contribution in [1.82, 2.24) is 20.4 Å². The molecule has 7 heteroatoms. The number of amides is 1. The van der Waals surface area contributed by atoms with Crippen molar-refractivity contribution in [1.29, 1.82) is 0 Å². The molecule has 1 unspecified atom stereocenters. The molecule has 7 nitrogen and oxygen atoms in total. The molecule has 1 rings (SSSR count). The molecule has 0 aromatic carbocycles. The van der Waals surface area contributed by atoms with Crippen molar-refractivity contribution in [2.75, 3.05) is 20.3 Å². The van der Waals surface area contributed by atoms with E-state index in [1.807, 2.05) is 40.1 Å². The molecule has 0 aliphatic carbocycles. The summed E-state index contributed by atoms with van der Waals surface area (Å²) in [5.41, 5.74) is 0.535. The molecule has 23 heavy (non-hydrogen) atoms. The first-order chi connectivity index (χ1) is 10.8. The van der Waals surface area contributed by atoms with Crippen LogP contribution >= 0.6 is 0 Å². The first kappa shape index (κ1) is 19.4. The molecule has 1 heterocycles. The average molecular weight is 326 g/mol. The van der Waals surface area contributed by atoms with Crippen LogP contribution in [0.15, 0.2) is 12.3 Å². The fourth-order valence-electron chi connectivity index (χ4n) is 2.10. The molecule has 1 aromatic heterocycles. The van der Waals surface area contributed by atoms with Crippen LogP contribution in [0.4, 0.5) is 4.79 Å². The summed E-state index contributed by atoms with van der Waals surface area (Å²) in [7, 11) is 3.59. The van der Waals surface area contributed by atoms with Crippen LogP contribution in [0.2, 0.25) is 0 Å². The van der Waals surface area contributed by atoms with E-state index < -0.39 is 5.60 Å². The van der Waals surface area contributed by atoms with Crippen LogP contribution in [0.25, 0.3) is 0 Å².